The summed E-state index contributed by atoms with van der Waals surface area (Å²) in [6.45, 7) is 0. The molecule has 0 radical (unpaired) electrons. The van der Waals surface area contributed by atoms with Crippen LogP contribution in [0.5, 0.6) is 0 Å². The fourth-order valence-electron chi connectivity index (χ4n) is 0.586. The van der Waals surface area contributed by atoms with Crippen molar-refractivity contribution < 1.29 is 9.21 Å². The van der Waals surface area contributed by atoms with Gasteiger partial charge in [0.05, 0.1) is 10.7 Å². The van der Waals surface area contributed by atoms with E-state index in [1.807, 2.05) is 5.43 Å². The van der Waals surface area contributed by atoms with Gasteiger partial charge in [-0.1, -0.05) is 0 Å². The van der Waals surface area contributed by atoms with Crippen molar-refractivity contribution >= 4 is 44.1 Å². The highest BCUT2D eigenvalue weighted by Crippen LogP contribution is 2.25. The van der Waals surface area contributed by atoms with E-state index in [-0.39, 0.29) is 0 Å². The van der Waals surface area contributed by atoms with Crippen LogP contribution in [0, 0.1) is 0 Å². The Balaban J connectivity index is 2.64. The minimum atomic E-state index is -0.721. The van der Waals surface area contributed by atoms with Gasteiger partial charge in [-0.3, -0.25) is 0 Å². The van der Waals surface area contributed by atoms with Crippen molar-refractivity contribution in [3.05, 3.63) is 21.0 Å². The molecule has 7 heteroatoms. The van der Waals surface area contributed by atoms with E-state index >= 15 is 0 Å². The highest BCUT2D eigenvalue weighted by Gasteiger charge is 2.02. The summed E-state index contributed by atoms with van der Waals surface area (Å²) in [5.41, 5.74) is 6.82. The predicted molar refractivity (Wildman–Crippen MR) is 54.4 cm³/mol. The molecule has 1 aromatic heterocycles. The van der Waals surface area contributed by atoms with Gasteiger partial charge in [-0.15, -0.1) is 0 Å². The number of hydrazone groups is 1. The summed E-state index contributed by atoms with van der Waals surface area (Å²) in [6, 6.07) is 0.969. The molecule has 0 atom stereocenters. The number of hydrogen-bond donors (Lipinski definition) is 2. The Morgan fingerprint density at radius 2 is 2.38 bits per heavy atom. The largest absolute Gasteiger partial charge is 0.447 e. The molecule has 0 aromatic carbocycles. The first-order valence-corrected chi connectivity index (χ1v) is 4.71. The lowest BCUT2D eigenvalue weighted by Crippen LogP contribution is -2.24. The van der Waals surface area contributed by atoms with Gasteiger partial charge in [-0.2, -0.15) is 5.10 Å². The number of halogens is 2. The molecule has 13 heavy (non-hydrogen) atoms. The molecule has 0 aliphatic rings. The van der Waals surface area contributed by atoms with Gasteiger partial charge in [-0.05, 0) is 31.9 Å². The van der Waals surface area contributed by atoms with Crippen LogP contribution in [0.1, 0.15) is 5.76 Å². The van der Waals surface area contributed by atoms with Crippen molar-refractivity contribution in [3.63, 3.8) is 0 Å². The molecule has 1 aromatic rings. The molecule has 0 fully saturated rings. The summed E-state index contributed by atoms with van der Waals surface area (Å²) in [5.74, 6) is 0.493. The number of amides is 2. The molecule has 0 saturated heterocycles. The molecule has 2 amide bonds. The first-order chi connectivity index (χ1) is 6.09. The fraction of sp³-hybridized carbons (Fsp3) is 0. The lowest BCUT2D eigenvalue weighted by atomic mass is 10.5. The molecular weight excluding hydrogens is 306 g/mol. The second-order valence-corrected chi connectivity index (χ2v) is 3.58. The third kappa shape index (κ3) is 3.19. The van der Waals surface area contributed by atoms with Crippen molar-refractivity contribution in [3.8, 4) is 0 Å². The van der Waals surface area contributed by atoms with Crippen molar-refractivity contribution in [2.45, 2.75) is 0 Å². The Morgan fingerprint density at radius 1 is 1.69 bits per heavy atom. The fourth-order valence-corrected chi connectivity index (χ4v) is 1.19. The number of hydrogen-bond acceptors (Lipinski definition) is 3. The van der Waals surface area contributed by atoms with E-state index in [1.165, 1.54) is 6.21 Å². The summed E-state index contributed by atoms with van der Waals surface area (Å²) in [6.07, 6.45) is 1.33. The predicted octanol–water partition coefficient (Wildman–Crippen LogP) is 1.81. The van der Waals surface area contributed by atoms with Gasteiger partial charge in [0, 0.05) is 6.07 Å². The smallest absolute Gasteiger partial charge is 0.332 e. The highest BCUT2D eigenvalue weighted by molar-refractivity contribution is 9.13. The lowest BCUT2D eigenvalue weighted by Gasteiger charge is -1.88. The third-order valence-corrected chi connectivity index (χ3v) is 2.74. The number of urea groups is 1. The van der Waals surface area contributed by atoms with E-state index in [1.54, 1.807) is 6.07 Å². The molecule has 0 bridgehead atoms. The Labute approximate surface area is 90.6 Å². The highest BCUT2D eigenvalue weighted by atomic mass is 79.9. The van der Waals surface area contributed by atoms with Crippen LogP contribution in [0.15, 0.2) is 24.7 Å². The summed E-state index contributed by atoms with van der Waals surface area (Å²) >= 11 is 6.37. The Hall–Kier alpha value is -0.820. The first kappa shape index (κ1) is 10.3. The third-order valence-electron chi connectivity index (χ3n) is 1.03. The SMILES string of the molecule is NC(=O)NN=Cc1cc(Br)c(Br)o1. The van der Waals surface area contributed by atoms with Crippen molar-refractivity contribution in [1.29, 1.82) is 0 Å². The number of carbonyl (C=O) groups is 1. The van der Waals surface area contributed by atoms with Gasteiger partial charge in [0.25, 0.3) is 0 Å². The first-order valence-electron chi connectivity index (χ1n) is 3.13. The van der Waals surface area contributed by atoms with E-state index in [0.717, 1.165) is 4.47 Å². The monoisotopic (exact) mass is 309 g/mol. The lowest BCUT2D eigenvalue weighted by molar-refractivity contribution is 0.249. The second kappa shape index (κ2) is 4.43. The standard InChI is InChI=1S/C6H5Br2N3O2/c7-4-1-3(13-5(4)8)2-10-11-6(9)12/h1-2H,(H3,9,11,12). The van der Waals surface area contributed by atoms with Crippen LogP contribution in [0.2, 0.25) is 0 Å². The summed E-state index contributed by atoms with van der Waals surface area (Å²) in [7, 11) is 0. The molecular formula is C6H5Br2N3O2. The van der Waals surface area contributed by atoms with E-state index in [4.69, 9.17) is 10.2 Å². The molecule has 1 rings (SSSR count). The van der Waals surface area contributed by atoms with Crippen molar-refractivity contribution in [1.82, 2.24) is 5.43 Å². The minimum absolute atomic E-state index is 0.493. The Morgan fingerprint density at radius 3 is 2.85 bits per heavy atom. The maximum atomic E-state index is 10.2. The second-order valence-electron chi connectivity index (χ2n) is 2.00. The van der Waals surface area contributed by atoms with E-state index in [9.17, 15) is 4.79 Å². The van der Waals surface area contributed by atoms with E-state index < -0.39 is 6.03 Å². The quantitative estimate of drug-likeness (QED) is 0.645. The molecule has 1 heterocycles. The average molecular weight is 311 g/mol. The van der Waals surface area contributed by atoms with Crippen LogP contribution in [-0.4, -0.2) is 12.2 Å². The minimum Gasteiger partial charge on any atom is -0.447 e. The van der Waals surface area contributed by atoms with E-state index in [2.05, 4.69) is 37.0 Å². The zero-order valence-corrected chi connectivity index (χ0v) is 9.42. The maximum absolute atomic E-state index is 10.2. The molecule has 70 valence electrons. The van der Waals surface area contributed by atoms with Gasteiger partial charge in [0.1, 0.15) is 5.76 Å². The molecule has 0 saturated carbocycles. The number of rotatable bonds is 2. The van der Waals surface area contributed by atoms with Crippen molar-refractivity contribution in [2.24, 2.45) is 10.8 Å². The molecule has 0 aliphatic heterocycles. The van der Waals surface area contributed by atoms with E-state index in [0.29, 0.717) is 10.4 Å². The summed E-state index contributed by atoms with van der Waals surface area (Å²) in [4.78, 5) is 10.2. The molecule has 0 aliphatic carbocycles. The number of nitrogens with two attached hydrogens (primary N) is 1. The summed E-state index contributed by atoms with van der Waals surface area (Å²) in [5, 5.41) is 3.51. The molecule has 0 spiro atoms. The number of nitrogens with one attached hydrogen (secondary N) is 1. The number of carbonyl (C=O) groups excluding carboxylic acids is 1. The normalized spacial score (nSPS) is 10.6. The number of nitrogens with zero attached hydrogens (tertiary/aromatic N) is 1. The van der Waals surface area contributed by atoms with Crippen LogP contribution >= 0.6 is 31.9 Å². The Kier molecular flexibility index (Phi) is 3.49. The van der Waals surface area contributed by atoms with Crippen LogP contribution in [0.25, 0.3) is 0 Å². The molecule has 0 unspecified atom stereocenters. The van der Waals surface area contributed by atoms with Gasteiger partial charge in [0.2, 0.25) is 0 Å². The molecule has 5 nitrogen and oxygen atoms in total. The van der Waals surface area contributed by atoms with Gasteiger partial charge in [-0.25, -0.2) is 10.2 Å². The molecule has 3 N–H and O–H groups in total. The number of furan rings is 1. The zero-order valence-electron chi connectivity index (χ0n) is 6.25. The van der Waals surface area contributed by atoms with Gasteiger partial charge in [0.15, 0.2) is 4.67 Å². The number of primary amides is 1. The van der Waals surface area contributed by atoms with Crippen LogP contribution < -0.4 is 11.2 Å². The van der Waals surface area contributed by atoms with Gasteiger partial charge < -0.3 is 10.2 Å². The van der Waals surface area contributed by atoms with Gasteiger partial charge >= 0.3 is 6.03 Å². The Bertz CT molecular complexity index is 328. The van der Waals surface area contributed by atoms with Crippen LogP contribution in [0.3, 0.4) is 0 Å². The van der Waals surface area contributed by atoms with Crippen molar-refractivity contribution in [2.75, 3.05) is 0 Å². The summed E-state index contributed by atoms with van der Waals surface area (Å²) < 4.78 is 6.46. The van der Waals surface area contributed by atoms with Crippen LogP contribution in [0.4, 0.5) is 4.79 Å². The zero-order chi connectivity index (χ0) is 9.84. The average Bonchev–Trinajstić information content (AvgIpc) is 2.30. The topological polar surface area (TPSA) is 80.6 Å². The van der Waals surface area contributed by atoms with Crippen LogP contribution in [-0.2, 0) is 0 Å². The maximum Gasteiger partial charge on any atom is 0.332 e.